The molecule has 0 saturated carbocycles. The van der Waals surface area contributed by atoms with E-state index in [0.29, 0.717) is 50.3 Å². The number of piperidine rings is 1. The lowest BCUT2D eigenvalue weighted by molar-refractivity contribution is -0.149. The van der Waals surface area contributed by atoms with E-state index in [2.05, 4.69) is 14.9 Å². The molecular weight excluding hydrogens is 432 g/mol. The van der Waals surface area contributed by atoms with Gasteiger partial charge in [0.05, 0.1) is 30.7 Å². The number of aromatic nitrogens is 3. The van der Waals surface area contributed by atoms with Crippen LogP contribution in [0.25, 0.3) is 0 Å². The summed E-state index contributed by atoms with van der Waals surface area (Å²) in [5, 5.41) is 11.0. The molecule has 8 nitrogen and oxygen atoms in total. The molecule has 1 fully saturated rings. The van der Waals surface area contributed by atoms with Crippen molar-refractivity contribution in [2.75, 3.05) is 19.7 Å². The molecule has 4 rings (SSSR count). The summed E-state index contributed by atoms with van der Waals surface area (Å²) in [5.74, 6) is -0.345. The number of carbonyl (C=O) groups excluding carboxylic acids is 1. The third kappa shape index (κ3) is 5.02. The van der Waals surface area contributed by atoms with Crippen LogP contribution in [-0.2, 0) is 16.1 Å². The Bertz CT molecular complexity index is 1170. The minimum absolute atomic E-state index is 0.0285. The summed E-state index contributed by atoms with van der Waals surface area (Å²) >= 11 is 0. The Morgan fingerprint density at radius 3 is 2.56 bits per heavy atom. The lowest BCUT2D eigenvalue weighted by atomic mass is 9.91. The average Bonchev–Trinajstić information content (AvgIpc) is 2.86. The minimum atomic E-state index is -0.459. The van der Waals surface area contributed by atoms with E-state index in [1.807, 2.05) is 38.1 Å². The summed E-state index contributed by atoms with van der Waals surface area (Å²) in [4.78, 5) is 36.5. The summed E-state index contributed by atoms with van der Waals surface area (Å²) in [7, 11) is 0. The molecule has 0 bridgehead atoms. The molecule has 1 aliphatic rings. The van der Waals surface area contributed by atoms with E-state index in [4.69, 9.17) is 4.74 Å². The van der Waals surface area contributed by atoms with Crippen LogP contribution in [0, 0.1) is 12.8 Å². The predicted octanol–water partition coefficient (Wildman–Crippen LogP) is 3.07. The monoisotopic (exact) mass is 462 g/mol. The van der Waals surface area contributed by atoms with Crippen LogP contribution in [0.4, 0.5) is 0 Å². The van der Waals surface area contributed by atoms with Crippen molar-refractivity contribution in [1.82, 2.24) is 19.4 Å². The SMILES string of the molecule is CCOC(=O)C1CCN([C@H](c2ccncc2)c2c(O)cc(C)n(Cc3cccnc3)c2=O)CC1. The Hall–Kier alpha value is -3.52. The van der Waals surface area contributed by atoms with Gasteiger partial charge in [-0.3, -0.25) is 24.5 Å². The van der Waals surface area contributed by atoms with E-state index in [9.17, 15) is 14.7 Å². The van der Waals surface area contributed by atoms with Crippen LogP contribution in [0.3, 0.4) is 0 Å². The number of hydrogen-bond donors (Lipinski definition) is 1. The molecule has 0 amide bonds. The van der Waals surface area contributed by atoms with Crippen molar-refractivity contribution in [2.24, 2.45) is 5.92 Å². The predicted molar refractivity (Wildman–Crippen MR) is 127 cm³/mol. The van der Waals surface area contributed by atoms with Crippen LogP contribution in [0.5, 0.6) is 5.75 Å². The first-order chi connectivity index (χ1) is 16.5. The molecule has 8 heteroatoms. The second-order valence-electron chi connectivity index (χ2n) is 8.58. The Morgan fingerprint density at radius 1 is 1.18 bits per heavy atom. The zero-order valence-electron chi connectivity index (χ0n) is 19.6. The number of hydrogen-bond acceptors (Lipinski definition) is 7. The van der Waals surface area contributed by atoms with Gasteiger partial charge >= 0.3 is 5.97 Å². The molecule has 1 saturated heterocycles. The van der Waals surface area contributed by atoms with Gasteiger partial charge in [0.25, 0.3) is 5.56 Å². The van der Waals surface area contributed by atoms with E-state index in [1.54, 1.807) is 35.4 Å². The normalized spacial score (nSPS) is 15.7. The lowest BCUT2D eigenvalue weighted by Gasteiger charge is -2.37. The Kier molecular flexibility index (Phi) is 7.37. The molecular formula is C26H30N4O4. The number of carbonyl (C=O) groups is 1. The molecule has 1 aliphatic heterocycles. The highest BCUT2D eigenvalue weighted by atomic mass is 16.5. The number of aryl methyl sites for hydroxylation is 1. The maximum Gasteiger partial charge on any atom is 0.309 e. The van der Waals surface area contributed by atoms with Gasteiger partial charge in [0.2, 0.25) is 0 Å². The Labute approximate surface area is 198 Å². The standard InChI is InChI=1S/C26H30N4O4/c1-3-34-26(33)21-8-13-29(14-9-21)24(20-6-11-27-12-7-20)23-22(31)15-18(2)30(25(23)32)17-19-5-4-10-28-16-19/h4-7,10-12,15-16,21,24,31H,3,8-9,13-14,17H2,1-2H3/t24-/m1/s1. The van der Waals surface area contributed by atoms with Crippen LogP contribution >= 0.6 is 0 Å². The largest absolute Gasteiger partial charge is 0.507 e. The van der Waals surface area contributed by atoms with Gasteiger partial charge in [-0.25, -0.2) is 0 Å². The van der Waals surface area contributed by atoms with Crippen LogP contribution in [0.15, 0.2) is 59.9 Å². The van der Waals surface area contributed by atoms with E-state index < -0.39 is 6.04 Å². The highest BCUT2D eigenvalue weighted by Gasteiger charge is 2.34. The Morgan fingerprint density at radius 2 is 1.91 bits per heavy atom. The zero-order chi connectivity index (χ0) is 24.1. The summed E-state index contributed by atoms with van der Waals surface area (Å²) < 4.78 is 6.88. The first kappa shape index (κ1) is 23.6. The van der Waals surface area contributed by atoms with Crippen molar-refractivity contribution in [1.29, 1.82) is 0 Å². The maximum absolute atomic E-state index is 13.8. The molecule has 178 valence electrons. The highest BCUT2D eigenvalue weighted by molar-refractivity contribution is 5.72. The molecule has 1 N–H and O–H groups in total. The van der Waals surface area contributed by atoms with E-state index in [-0.39, 0.29) is 23.2 Å². The van der Waals surface area contributed by atoms with Gasteiger partial charge in [0.15, 0.2) is 0 Å². The maximum atomic E-state index is 13.8. The van der Waals surface area contributed by atoms with Gasteiger partial charge in [-0.1, -0.05) is 6.07 Å². The summed E-state index contributed by atoms with van der Waals surface area (Å²) in [6.07, 6.45) is 8.08. The number of esters is 1. The second kappa shape index (κ2) is 10.6. The van der Waals surface area contributed by atoms with Gasteiger partial charge in [-0.2, -0.15) is 0 Å². The van der Waals surface area contributed by atoms with Crippen molar-refractivity contribution >= 4 is 5.97 Å². The fourth-order valence-electron chi connectivity index (χ4n) is 4.66. The lowest BCUT2D eigenvalue weighted by Crippen LogP contribution is -2.42. The van der Waals surface area contributed by atoms with E-state index in [0.717, 1.165) is 11.1 Å². The van der Waals surface area contributed by atoms with Crippen molar-refractivity contribution in [3.05, 3.63) is 87.9 Å². The molecule has 4 heterocycles. The average molecular weight is 463 g/mol. The molecule has 1 atom stereocenters. The molecule has 0 aromatic carbocycles. The fourth-order valence-corrected chi connectivity index (χ4v) is 4.66. The third-order valence-corrected chi connectivity index (χ3v) is 6.40. The van der Waals surface area contributed by atoms with Crippen molar-refractivity contribution in [3.8, 4) is 5.75 Å². The van der Waals surface area contributed by atoms with E-state index in [1.165, 1.54) is 0 Å². The van der Waals surface area contributed by atoms with Crippen LogP contribution in [-0.4, -0.2) is 50.2 Å². The van der Waals surface area contributed by atoms with Crippen LogP contribution in [0.1, 0.15) is 48.2 Å². The first-order valence-corrected chi connectivity index (χ1v) is 11.6. The minimum Gasteiger partial charge on any atom is -0.507 e. The molecule has 0 radical (unpaired) electrons. The van der Waals surface area contributed by atoms with Crippen LogP contribution in [0.2, 0.25) is 0 Å². The molecule has 0 aliphatic carbocycles. The third-order valence-electron chi connectivity index (χ3n) is 6.40. The smallest absolute Gasteiger partial charge is 0.309 e. The second-order valence-corrected chi connectivity index (χ2v) is 8.58. The van der Waals surface area contributed by atoms with Crippen molar-refractivity contribution < 1.29 is 14.6 Å². The number of rotatable bonds is 7. The number of nitrogens with zero attached hydrogens (tertiary/aromatic N) is 4. The number of likely N-dealkylation sites (tertiary alicyclic amines) is 1. The quantitative estimate of drug-likeness (QED) is 0.539. The summed E-state index contributed by atoms with van der Waals surface area (Å²) in [6.45, 7) is 5.56. The number of pyridine rings is 3. The van der Waals surface area contributed by atoms with Crippen LogP contribution < -0.4 is 5.56 Å². The van der Waals surface area contributed by atoms with Gasteiger partial charge in [-0.05, 0) is 75.2 Å². The first-order valence-electron chi connectivity index (χ1n) is 11.6. The van der Waals surface area contributed by atoms with Gasteiger partial charge in [0, 0.05) is 30.5 Å². The van der Waals surface area contributed by atoms with E-state index >= 15 is 0 Å². The van der Waals surface area contributed by atoms with Gasteiger partial charge in [0.1, 0.15) is 5.75 Å². The summed E-state index contributed by atoms with van der Waals surface area (Å²) in [5.41, 5.74) is 2.53. The fraction of sp³-hybridized carbons (Fsp3) is 0.385. The highest BCUT2D eigenvalue weighted by Crippen LogP contribution is 2.35. The summed E-state index contributed by atoms with van der Waals surface area (Å²) in [6, 6.07) is 8.68. The molecule has 3 aromatic rings. The Balaban J connectivity index is 1.72. The van der Waals surface area contributed by atoms with Gasteiger partial charge in [-0.15, -0.1) is 0 Å². The molecule has 3 aromatic heterocycles. The number of aromatic hydroxyl groups is 1. The molecule has 0 spiro atoms. The van der Waals surface area contributed by atoms with Crippen molar-refractivity contribution in [3.63, 3.8) is 0 Å². The zero-order valence-corrected chi connectivity index (χ0v) is 19.6. The number of ether oxygens (including phenoxy) is 1. The topological polar surface area (TPSA) is 97.6 Å². The molecule has 0 unspecified atom stereocenters. The molecule has 34 heavy (non-hydrogen) atoms. The van der Waals surface area contributed by atoms with Crippen molar-refractivity contribution in [2.45, 2.75) is 39.3 Å². The van der Waals surface area contributed by atoms with Gasteiger partial charge < -0.3 is 14.4 Å².